The Morgan fingerprint density at radius 1 is 1.42 bits per heavy atom. The quantitative estimate of drug-likeness (QED) is 0.943. The topological polar surface area (TPSA) is 38.0 Å². The first-order valence-electron chi connectivity index (χ1n) is 5.71. The predicted octanol–water partition coefficient (Wildman–Crippen LogP) is 3.45. The minimum absolute atomic E-state index is 0.189. The smallest absolute Gasteiger partial charge is 0.130 e. The van der Waals surface area contributed by atoms with Gasteiger partial charge in [0.15, 0.2) is 0 Å². The van der Waals surface area contributed by atoms with E-state index in [2.05, 4.69) is 5.10 Å². The Kier molecular flexibility index (Phi) is 4.13. The largest absolute Gasteiger partial charge is 0.388 e. The van der Waals surface area contributed by atoms with Crippen LogP contribution in [0.4, 0.5) is 4.39 Å². The molecule has 0 aliphatic rings. The molecule has 102 valence electrons. The Morgan fingerprint density at radius 2 is 2.11 bits per heavy atom. The minimum Gasteiger partial charge on any atom is -0.388 e. The van der Waals surface area contributed by atoms with Gasteiger partial charge in [0.25, 0.3) is 0 Å². The van der Waals surface area contributed by atoms with Crippen molar-refractivity contribution in [2.75, 3.05) is 0 Å². The molecule has 0 amide bonds. The van der Waals surface area contributed by atoms with Crippen LogP contribution in [0.3, 0.4) is 0 Å². The highest BCUT2D eigenvalue weighted by molar-refractivity contribution is 6.31. The van der Waals surface area contributed by atoms with Crippen LogP contribution in [-0.2, 0) is 13.5 Å². The van der Waals surface area contributed by atoms with E-state index in [0.717, 1.165) is 0 Å². The summed E-state index contributed by atoms with van der Waals surface area (Å²) in [5.74, 6) is -0.532. The highest BCUT2D eigenvalue weighted by Crippen LogP contribution is 2.27. The fraction of sp³-hybridized carbons (Fsp3) is 0.308. The number of halogens is 3. The van der Waals surface area contributed by atoms with E-state index in [1.165, 1.54) is 12.1 Å². The van der Waals surface area contributed by atoms with Crippen LogP contribution in [-0.4, -0.2) is 14.9 Å². The number of aliphatic hydroxyl groups is 1. The Labute approximate surface area is 120 Å². The van der Waals surface area contributed by atoms with E-state index in [1.54, 1.807) is 24.7 Å². The first-order valence-corrected chi connectivity index (χ1v) is 6.46. The van der Waals surface area contributed by atoms with Crippen LogP contribution in [0.2, 0.25) is 10.0 Å². The number of benzene rings is 1. The van der Waals surface area contributed by atoms with Gasteiger partial charge in [-0.25, -0.2) is 4.39 Å². The van der Waals surface area contributed by atoms with Gasteiger partial charge in [0.1, 0.15) is 5.82 Å². The van der Waals surface area contributed by atoms with Gasteiger partial charge in [0.05, 0.1) is 22.5 Å². The van der Waals surface area contributed by atoms with Crippen molar-refractivity contribution in [2.45, 2.75) is 19.4 Å². The lowest BCUT2D eigenvalue weighted by Gasteiger charge is -2.12. The zero-order valence-electron chi connectivity index (χ0n) is 10.5. The molecule has 3 nitrogen and oxygen atoms in total. The summed E-state index contributed by atoms with van der Waals surface area (Å²) in [6.45, 7) is 1.78. The molecule has 1 aromatic carbocycles. The molecule has 6 heteroatoms. The second-order valence-corrected chi connectivity index (χ2v) is 5.17. The van der Waals surface area contributed by atoms with Crippen molar-refractivity contribution in [1.82, 2.24) is 9.78 Å². The molecule has 2 aromatic rings. The second-order valence-electron chi connectivity index (χ2n) is 4.36. The molecule has 19 heavy (non-hydrogen) atoms. The van der Waals surface area contributed by atoms with E-state index in [4.69, 9.17) is 23.2 Å². The van der Waals surface area contributed by atoms with E-state index in [1.807, 2.05) is 0 Å². The predicted molar refractivity (Wildman–Crippen MR) is 73.0 cm³/mol. The summed E-state index contributed by atoms with van der Waals surface area (Å²) in [6, 6.07) is 4.19. The van der Waals surface area contributed by atoms with Gasteiger partial charge in [0.2, 0.25) is 0 Å². The van der Waals surface area contributed by atoms with Crippen molar-refractivity contribution >= 4 is 23.2 Å². The van der Waals surface area contributed by atoms with Crippen LogP contribution in [0.1, 0.15) is 23.1 Å². The van der Waals surface area contributed by atoms with Gasteiger partial charge in [-0.2, -0.15) is 5.10 Å². The van der Waals surface area contributed by atoms with E-state index in [0.29, 0.717) is 21.4 Å². The summed E-state index contributed by atoms with van der Waals surface area (Å²) in [4.78, 5) is 0. The molecule has 0 aliphatic carbocycles. The fourth-order valence-electron chi connectivity index (χ4n) is 1.97. The maximum absolute atomic E-state index is 13.7. The third-order valence-electron chi connectivity index (χ3n) is 2.97. The number of rotatable bonds is 3. The van der Waals surface area contributed by atoms with Gasteiger partial charge in [-0.05, 0) is 19.1 Å². The second kappa shape index (κ2) is 5.49. The highest BCUT2D eigenvalue weighted by Gasteiger charge is 2.19. The summed E-state index contributed by atoms with van der Waals surface area (Å²) in [5.41, 5.74) is 1.54. The zero-order chi connectivity index (χ0) is 14.2. The molecule has 0 bridgehead atoms. The van der Waals surface area contributed by atoms with Gasteiger partial charge in [0, 0.05) is 24.1 Å². The number of nitrogens with zero attached hydrogens (tertiary/aromatic N) is 2. The Morgan fingerprint density at radius 3 is 2.63 bits per heavy atom. The number of aryl methyl sites for hydroxylation is 2. The van der Waals surface area contributed by atoms with Crippen LogP contribution in [0.25, 0.3) is 0 Å². The van der Waals surface area contributed by atoms with Crippen molar-refractivity contribution in [3.8, 4) is 0 Å². The Bertz CT molecular complexity index is 613. The van der Waals surface area contributed by atoms with Crippen LogP contribution in [0, 0.1) is 12.7 Å². The minimum atomic E-state index is -0.996. The Hall–Kier alpha value is -1.10. The molecular formula is C13H13Cl2FN2O. The van der Waals surface area contributed by atoms with E-state index >= 15 is 0 Å². The molecular weight excluding hydrogens is 290 g/mol. The molecule has 1 atom stereocenters. The first kappa shape index (κ1) is 14.3. The fourth-order valence-corrected chi connectivity index (χ4v) is 2.36. The molecule has 0 radical (unpaired) electrons. The van der Waals surface area contributed by atoms with Gasteiger partial charge in [-0.15, -0.1) is 0 Å². The van der Waals surface area contributed by atoms with Gasteiger partial charge >= 0.3 is 0 Å². The van der Waals surface area contributed by atoms with Crippen LogP contribution in [0.15, 0.2) is 18.2 Å². The van der Waals surface area contributed by atoms with Gasteiger partial charge in [-0.1, -0.05) is 29.3 Å². The van der Waals surface area contributed by atoms with E-state index in [-0.39, 0.29) is 12.0 Å². The third-order valence-corrected chi connectivity index (χ3v) is 3.70. The monoisotopic (exact) mass is 302 g/mol. The van der Waals surface area contributed by atoms with E-state index in [9.17, 15) is 9.50 Å². The molecule has 2 rings (SSSR count). The third kappa shape index (κ3) is 2.91. The maximum atomic E-state index is 13.7. The first-order chi connectivity index (χ1) is 8.90. The lowest BCUT2D eigenvalue weighted by atomic mass is 10.0. The lowest BCUT2D eigenvalue weighted by molar-refractivity contribution is 0.171. The number of aliphatic hydroxyl groups excluding tert-OH is 1. The molecule has 1 N–H and O–H groups in total. The SMILES string of the molecule is Cc1nn(C)c(CC(O)c2ccc(Cl)cc2F)c1Cl. The zero-order valence-corrected chi connectivity index (χ0v) is 12.0. The molecule has 0 fully saturated rings. The molecule has 0 spiro atoms. The van der Waals surface area contributed by atoms with Crippen molar-refractivity contribution in [1.29, 1.82) is 0 Å². The lowest BCUT2D eigenvalue weighted by Crippen LogP contribution is -2.08. The van der Waals surface area contributed by atoms with Crippen molar-refractivity contribution < 1.29 is 9.50 Å². The molecule has 0 saturated heterocycles. The van der Waals surface area contributed by atoms with Crippen molar-refractivity contribution in [2.24, 2.45) is 7.05 Å². The van der Waals surface area contributed by atoms with Crippen molar-refractivity contribution in [3.05, 3.63) is 51.0 Å². The summed E-state index contributed by atoms with van der Waals surface area (Å²) in [6.07, 6.45) is -0.807. The summed E-state index contributed by atoms with van der Waals surface area (Å²) in [7, 11) is 1.74. The highest BCUT2D eigenvalue weighted by atomic mass is 35.5. The molecule has 0 aliphatic heterocycles. The van der Waals surface area contributed by atoms with Crippen LogP contribution in [0.5, 0.6) is 0 Å². The molecule has 1 heterocycles. The number of hydrogen-bond donors (Lipinski definition) is 1. The number of hydrogen-bond acceptors (Lipinski definition) is 2. The number of aromatic nitrogens is 2. The average Bonchev–Trinajstić information content (AvgIpc) is 2.56. The van der Waals surface area contributed by atoms with E-state index < -0.39 is 11.9 Å². The normalized spacial score (nSPS) is 12.7. The maximum Gasteiger partial charge on any atom is 0.130 e. The van der Waals surface area contributed by atoms with Gasteiger partial charge < -0.3 is 5.11 Å². The van der Waals surface area contributed by atoms with Crippen LogP contribution < -0.4 is 0 Å². The summed E-state index contributed by atoms with van der Waals surface area (Å²) < 4.78 is 15.3. The van der Waals surface area contributed by atoms with Crippen molar-refractivity contribution in [3.63, 3.8) is 0 Å². The molecule has 1 unspecified atom stereocenters. The van der Waals surface area contributed by atoms with Gasteiger partial charge in [-0.3, -0.25) is 4.68 Å². The van der Waals surface area contributed by atoms with Crippen LogP contribution >= 0.6 is 23.2 Å². The molecule has 0 saturated carbocycles. The standard InChI is InChI=1S/C13H13Cl2FN2O/c1-7-13(15)11(18(2)17-7)6-12(19)9-4-3-8(14)5-10(9)16/h3-5,12,19H,6H2,1-2H3. The molecule has 1 aromatic heterocycles. The summed E-state index contributed by atoms with van der Waals surface area (Å²) in [5, 5.41) is 15.1. The Balaban J connectivity index is 2.28. The summed E-state index contributed by atoms with van der Waals surface area (Å²) >= 11 is 11.8. The average molecular weight is 303 g/mol.